The molecule has 2 aromatic rings. The predicted molar refractivity (Wildman–Crippen MR) is 95.6 cm³/mol. The summed E-state index contributed by atoms with van der Waals surface area (Å²) in [5.74, 6) is 5.03. The molecule has 1 saturated heterocycles. The van der Waals surface area contributed by atoms with Gasteiger partial charge in [-0.05, 0) is 37.3 Å². The second-order valence-corrected chi connectivity index (χ2v) is 6.97. The van der Waals surface area contributed by atoms with Crippen LogP contribution in [-0.4, -0.2) is 23.6 Å². The first-order chi connectivity index (χ1) is 13.1. The largest absolute Gasteiger partial charge is 0.414 e. The highest BCUT2D eigenvalue weighted by molar-refractivity contribution is 6.29. The van der Waals surface area contributed by atoms with Gasteiger partial charge in [-0.1, -0.05) is 23.4 Å². The molecule has 0 saturated carbocycles. The average Bonchev–Trinajstić information content (AvgIpc) is 2.61. The van der Waals surface area contributed by atoms with Crippen LogP contribution in [0.25, 0.3) is 0 Å². The van der Waals surface area contributed by atoms with Gasteiger partial charge in [0.15, 0.2) is 12.5 Å². The van der Waals surface area contributed by atoms with E-state index in [-0.39, 0.29) is 5.56 Å². The standard InChI is InChI=1S/C19H16ClF4N3O/c1-18(9-15(19(22,23)24)28-17(25)27-18)13-8-11(4-6-14(13)21)2-3-12-5-7-16(20)26-10-12/h4-8,10,15,17,27H,9,25H2,1H3/t15-,17?,18-/m0/s1. The van der Waals surface area contributed by atoms with Gasteiger partial charge in [0.2, 0.25) is 0 Å². The molecular formula is C19H16ClF4N3O. The molecule has 0 spiro atoms. The van der Waals surface area contributed by atoms with E-state index in [2.05, 4.69) is 22.1 Å². The van der Waals surface area contributed by atoms with Crippen molar-refractivity contribution in [1.82, 2.24) is 10.3 Å². The summed E-state index contributed by atoms with van der Waals surface area (Å²) in [6.07, 6.45) is -7.16. The van der Waals surface area contributed by atoms with Gasteiger partial charge in [-0.2, -0.15) is 13.2 Å². The van der Waals surface area contributed by atoms with Crippen molar-refractivity contribution in [2.24, 2.45) is 5.73 Å². The summed E-state index contributed by atoms with van der Waals surface area (Å²) in [5, 5.41) is 3.02. The third-order valence-electron chi connectivity index (χ3n) is 4.37. The number of ether oxygens (including phenoxy) is 1. The van der Waals surface area contributed by atoms with E-state index in [1.54, 1.807) is 12.1 Å². The van der Waals surface area contributed by atoms with Crippen LogP contribution in [-0.2, 0) is 10.3 Å². The second-order valence-electron chi connectivity index (χ2n) is 6.58. The molecule has 0 radical (unpaired) electrons. The maximum Gasteiger partial charge on any atom is 0.414 e. The maximum atomic E-state index is 14.5. The lowest BCUT2D eigenvalue weighted by Gasteiger charge is -2.43. The molecule has 1 aliphatic rings. The minimum absolute atomic E-state index is 0.0292. The lowest BCUT2D eigenvalue weighted by Crippen LogP contribution is -2.61. The van der Waals surface area contributed by atoms with Gasteiger partial charge in [-0.3, -0.25) is 11.1 Å². The summed E-state index contributed by atoms with van der Waals surface area (Å²) >= 11 is 5.72. The van der Waals surface area contributed by atoms with E-state index >= 15 is 0 Å². The van der Waals surface area contributed by atoms with Crippen molar-refractivity contribution in [3.8, 4) is 11.8 Å². The van der Waals surface area contributed by atoms with Gasteiger partial charge in [-0.25, -0.2) is 9.37 Å². The molecule has 3 atom stereocenters. The van der Waals surface area contributed by atoms with Crippen LogP contribution in [0, 0.1) is 17.7 Å². The number of benzene rings is 1. The summed E-state index contributed by atoms with van der Waals surface area (Å²) in [5.41, 5.74) is 5.23. The first-order valence-electron chi connectivity index (χ1n) is 8.26. The molecule has 4 nitrogen and oxygen atoms in total. The highest BCUT2D eigenvalue weighted by Crippen LogP contribution is 2.38. The lowest BCUT2D eigenvalue weighted by molar-refractivity contribution is -0.260. The summed E-state index contributed by atoms with van der Waals surface area (Å²) in [6.45, 7) is 1.45. The SMILES string of the molecule is C[C@@]1(c2cc(C#Cc3ccc(Cl)nc3)ccc2F)C[C@@H](C(F)(F)F)OC(N)N1. The molecule has 28 heavy (non-hydrogen) atoms. The molecule has 1 aromatic heterocycles. The average molecular weight is 414 g/mol. The smallest absolute Gasteiger partial charge is 0.337 e. The Balaban J connectivity index is 1.93. The fraction of sp³-hybridized carbons (Fsp3) is 0.316. The Hall–Kier alpha value is -2.18. The predicted octanol–water partition coefficient (Wildman–Crippen LogP) is 3.67. The van der Waals surface area contributed by atoms with Crippen LogP contribution in [0.1, 0.15) is 30.0 Å². The van der Waals surface area contributed by atoms with Gasteiger partial charge in [0.25, 0.3) is 0 Å². The van der Waals surface area contributed by atoms with Gasteiger partial charge in [0, 0.05) is 34.8 Å². The van der Waals surface area contributed by atoms with E-state index in [1.165, 1.54) is 25.3 Å². The third kappa shape index (κ3) is 4.62. The first kappa shape index (κ1) is 20.6. The molecule has 1 aromatic carbocycles. The molecule has 148 valence electrons. The maximum absolute atomic E-state index is 14.5. The van der Waals surface area contributed by atoms with Crippen molar-refractivity contribution in [2.75, 3.05) is 0 Å². The second kappa shape index (κ2) is 7.68. The summed E-state index contributed by atoms with van der Waals surface area (Å²) < 4.78 is 58.7. The first-order valence-corrected chi connectivity index (χ1v) is 8.64. The molecule has 9 heteroatoms. The fourth-order valence-corrected chi connectivity index (χ4v) is 3.12. The number of pyridine rings is 1. The van der Waals surface area contributed by atoms with Crippen molar-refractivity contribution in [3.05, 3.63) is 64.2 Å². The highest BCUT2D eigenvalue weighted by Gasteiger charge is 2.50. The Morgan fingerprint density at radius 1 is 1.25 bits per heavy atom. The molecule has 0 bridgehead atoms. The normalized spacial score (nSPS) is 25.1. The van der Waals surface area contributed by atoms with E-state index in [0.717, 1.165) is 6.07 Å². The summed E-state index contributed by atoms with van der Waals surface area (Å²) in [6, 6.07) is 7.26. The molecule has 3 N–H and O–H groups in total. The number of hydrogen-bond donors (Lipinski definition) is 2. The van der Waals surface area contributed by atoms with Crippen LogP contribution in [0.4, 0.5) is 17.6 Å². The molecule has 0 aliphatic carbocycles. The van der Waals surface area contributed by atoms with Gasteiger partial charge >= 0.3 is 6.18 Å². The molecule has 1 unspecified atom stereocenters. The number of alkyl halides is 3. The van der Waals surface area contributed by atoms with Crippen molar-refractivity contribution in [2.45, 2.75) is 37.5 Å². The molecule has 0 amide bonds. The quantitative estimate of drug-likeness (QED) is 0.425. The molecule has 3 rings (SSSR count). The summed E-state index contributed by atoms with van der Waals surface area (Å²) in [4.78, 5) is 3.91. The minimum atomic E-state index is -4.61. The Labute approximate surface area is 164 Å². The van der Waals surface area contributed by atoms with Crippen LogP contribution in [0.5, 0.6) is 0 Å². The number of nitrogens with one attached hydrogen (secondary N) is 1. The number of halogens is 5. The Bertz CT molecular complexity index is 924. The van der Waals surface area contributed by atoms with E-state index in [4.69, 9.17) is 22.1 Å². The number of rotatable bonds is 1. The monoisotopic (exact) mass is 413 g/mol. The van der Waals surface area contributed by atoms with Crippen LogP contribution < -0.4 is 11.1 Å². The Morgan fingerprint density at radius 3 is 2.57 bits per heavy atom. The van der Waals surface area contributed by atoms with E-state index in [0.29, 0.717) is 16.3 Å². The van der Waals surface area contributed by atoms with Crippen molar-refractivity contribution in [3.63, 3.8) is 0 Å². The Kier molecular flexibility index (Phi) is 5.64. The van der Waals surface area contributed by atoms with E-state index in [1.807, 2.05) is 0 Å². The molecule has 1 aliphatic heterocycles. The zero-order valence-electron chi connectivity index (χ0n) is 14.6. The zero-order chi connectivity index (χ0) is 20.5. The lowest BCUT2D eigenvalue weighted by atomic mass is 9.84. The zero-order valence-corrected chi connectivity index (χ0v) is 15.4. The van der Waals surface area contributed by atoms with Gasteiger partial charge < -0.3 is 4.74 Å². The molecular weight excluding hydrogens is 398 g/mol. The minimum Gasteiger partial charge on any atom is -0.337 e. The van der Waals surface area contributed by atoms with Crippen molar-refractivity contribution in [1.29, 1.82) is 0 Å². The third-order valence-corrected chi connectivity index (χ3v) is 4.59. The number of aromatic nitrogens is 1. The fourth-order valence-electron chi connectivity index (χ4n) is 3.00. The highest BCUT2D eigenvalue weighted by atomic mass is 35.5. The van der Waals surface area contributed by atoms with Gasteiger partial charge in [0.1, 0.15) is 11.0 Å². The van der Waals surface area contributed by atoms with E-state index in [9.17, 15) is 17.6 Å². The number of hydrogen-bond acceptors (Lipinski definition) is 4. The van der Waals surface area contributed by atoms with Crippen LogP contribution in [0.3, 0.4) is 0 Å². The number of nitrogens with zero attached hydrogens (tertiary/aromatic N) is 1. The Morgan fingerprint density at radius 2 is 1.93 bits per heavy atom. The molecule has 1 fully saturated rings. The van der Waals surface area contributed by atoms with E-state index < -0.39 is 36.4 Å². The van der Waals surface area contributed by atoms with Crippen LogP contribution in [0.15, 0.2) is 36.5 Å². The topological polar surface area (TPSA) is 60.2 Å². The van der Waals surface area contributed by atoms with Crippen LogP contribution >= 0.6 is 11.6 Å². The van der Waals surface area contributed by atoms with Crippen molar-refractivity contribution >= 4 is 11.6 Å². The summed E-state index contributed by atoms with van der Waals surface area (Å²) in [7, 11) is 0. The molecule has 2 heterocycles. The van der Waals surface area contributed by atoms with Crippen LogP contribution in [0.2, 0.25) is 5.15 Å². The van der Waals surface area contributed by atoms with Crippen molar-refractivity contribution < 1.29 is 22.3 Å². The van der Waals surface area contributed by atoms with Gasteiger partial charge in [-0.15, -0.1) is 0 Å². The van der Waals surface area contributed by atoms with Gasteiger partial charge in [0.05, 0.1) is 0 Å². The number of nitrogens with two attached hydrogens (primary N) is 1.